The van der Waals surface area contributed by atoms with E-state index in [1.165, 1.54) is 0 Å². The Kier molecular flexibility index (Phi) is 7.01. The zero-order chi connectivity index (χ0) is 18.3. The standard InChI is InChI=1S/C18H26N2O4S/c1-3-24-17-10-7-15(8-11-17)9-12-18(21)20-13-5-4-6-16(20)14-19-25(2,22)23/h7-12,16,19H,3-6,13-14H2,1-2H3/b12-9+/t16-/m0/s1. The zero-order valence-corrected chi connectivity index (χ0v) is 15.6. The van der Waals surface area contributed by atoms with Crippen LogP contribution in [0.5, 0.6) is 5.75 Å². The molecule has 0 aromatic heterocycles. The normalized spacial score (nSPS) is 18.5. The summed E-state index contributed by atoms with van der Waals surface area (Å²) in [6, 6.07) is 7.43. The molecule has 7 heteroatoms. The van der Waals surface area contributed by atoms with E-state index in [2.05, 4.69) is 4.72 Å². The molecule has 0 bridgehead atoms. The monoisotopic (exact) mass is 366 g/mol. The van der Waals surface area contributed by atoms with Gasteiger partial charge in [0.2, 0.25) is 15.9 Å². The molecule has 1 aromatic carbocycles. The number of amides is 1. The van der Waals surface area contributed by atoms with E-state index in [0.29, 0.717) is 13.2 Å². The second-order valence-corrected chi connectivity index (χ2v) is 7.97. The summed E-state index contributed by atoms with van der Waals surface area (Å²) >= 11 is 0. The highest BCUT2D eigenvalue weighted by Gasteiger charge is 2.25. The van der Waals surface area contributed by atoms with Crippen molar-refractivity contribution in [2.24, 2.45) is 0 Å². The van der Waals surface area contributed by atoms with Crippen LogP contribution in [0.2, 0.25) is 0 Å². The molecule has 0 saturated carbocycles. The van der Waals surface area contributed by atoms with Crippen LogP contribution in [-0.4, -0.2) is 51.2 Å². The second kappa shape index (κ2) is 9.01. The van der Waals surface area contributed by atoms with E-state index < -0.39 is 10.0 Å². The summed E-state index contributed by atoms with van der Waals surface area (Å²) in [5.74, 6) is 0.711. The van der Waals surface area contributed by atoms with E-state index in [1.807, 2.05) is 31.2 Å². The Morgan fingerprint density at radius 3 is 2.68 bits per heavy atom. The van der Waals surface area contributed by atoms with Crippen molar-refractivity contribution < 1.29 is 17.9 Å². The predicted molar refractivity (Wildman–Crippen MR) is 98.8 cm³/mol. The van der Waals surface area contributed by atoms with Crippen LogP contribution in [0, 0.1) is 0 Å². The minimum absolute atomic E-state index is 0.0890. The van der Waals surface area contributed by atoms with Crippen LogP contribution in [0.15, 0.2) is 30.3 Å². The van der Waals surface area contributed by atoms with Crippen molar-refractivity contribution in [2.75, 3.05) is 26.0 Å². The van der Waals surface area contributed by atoms with Gasteiger partial charge >= 0.3 is 0 Å². The lowest BCUT2D eigenvalue weighted by molar-refractivity contribution is -0.129. The highest BCUT2D eigenvalue weighted by molar-refractivity contribution is 7.88. The number of carbonyl (C=O) groups is 1. The number of ether oxygens (including phenoxy) is 1. The summed E-state index contributed by atoms with van der Waals surface area (Å²) in [7, 11) is -3.25. The van der Waals surface area contributed by atoms with Gasteiger partial charge in [-0.15, -0.1) is 0 Å². The highest BCUT2D eigenvalue weighted by atomic mass is 32.2. The van der Waals surface area contributed by atoms with Crippen molar-refractivity contribution >= 4 is 22.0 Å². The lowest BCUT2D eigenvalue weighted by atomic mass is 10.0. The van der Waals surface area contributed by atoms with Gasteiger partial charge in [-0.3, -0.25) is 4.79 Å². The van der Waals surface area contributed by atoms with Crippen LogP contribution >= 0.6 is 0 Å². The summed E-state index contributed by atoms with van der Waals surface area (Å²) in [5, 5.41) is 0. The second-order valence-electron chi connectivity index (χ2n) is 6.14. The molecular weight excluding hydrogens is 340 g/mol. The summed E-state index contributed by atoms with van der Waals surface area (Å²) in [6.07, 6.45) is 7.21. The van der Waals surface area contributed by atoms with Gasteiger partial charge in [0, 0.05) is 25.2 Å². The first-order valence-corrected chi connectivity index (χ1v) is 10.4. The van der Waals surface area contributed by atoms with Gasteiger partial charge in [-0.05, 0) is 50.0 Å². The Morgan fingerprint density at radius 2 is 2.04 bits per heavy atom. The predicted octanol–water partition coefficient (Wildman–Crippen LogP) is 2.03. The molecule has 1 saturated heterocycles. The summed E-state index contributed by atoms with van der Waals surface area (Å²) in [4.78, 5) is 14.3. The SMILES string of the molecule is CCOc1ccc(/C=C/C(=O)N2CCCC[C@H]2CNS(C)(=O)=O)cc1. The van der Waals surface area contributed by atoms with Gasteiger partial charge in [-0.1, -0.05) is 12.1 Å². The molecule has 1 aliphatic heterocycles. The maximum atomic E-state index is 12.5. The molecule has 1 heterocycles. The lowest BCUT2D eigenvalue weighted by Gasteiger charge is -2.35. The van der Waals surface area contributed by atoms with Crippen molar-refractivity contribution in [2.45, 2.75) is 32.2 Å². The maximum Gasteiger partial charge on any atom is 0.246 e. The Hall–Kier alpha value is -1.86. The van der Waals surface area contributed by atoms with Crippen molar-refractivity contribution in [3.8, 4) is 5.75 Å². The van der Waals surface area contributed by atoms with Crippen molar-refractivity contribution in [3.05, 3.63) is 35.9 Å². The summed E-state index contributed by atoms with van der Waals surface area (Å²) < 4.78 is 30.5. The fourth-order valence-electron chi connectivity index (χ4n) is 2.86. The fraction of sp³-hybridized carbons (Fsp3) is 0.500. The van der Waals surface area contributed by atoms with Gasteiger partial charge in [0.25, 0.3) is 0 Å². The molecule has 1 fully saturated rings. The van der Waals surface area contributed by atoms with Crippen LogP contribution in [0.4, 0.5) is 0 Å². The van der Waals surface area contributed by atoms with E-state index in [4.69, 9.17) is 4.74 Å². The molecular formula is C18H26N2O4S. The Labute approximate surface area is 149 Å². The van der Waals surface area contributed by atoms with Crippen LogP contribution in [-0.2, 0) is 14.8 Å². The smallest absolute Gasteiger partial charge is 0.246 e. The fourth-order valence-corrected chi connectivity index (χ4v) is 3.35. The van der Waals surface area contributed by atoms with Crippen molar-refractivity contribution in [1.82, 2.24) is 9.62 Å². The van der Waals surface area contributed by atoms with E-state index in [1.54, 1.807) is 17.1 Å². The molecule has 138 valence electrons. The number of nitrogens with zero attached hydrogens (tertiary/aromatic N) is 1. The number of rotatable bonds is 7. The van der Waals surface area contributed by atoms with E-state index in [9.17, 15) is 13.2 Å². The van der Waals surface area contributed by atoms with E-state index in [0.717, 1.165) is 36.8 Å². The van der Waals surface area contributed by atoms with Gasteiger partial charge in [-0.2, -0.15) is 0 Å². The number of piperidine rings is 1. The van der Waals surface area contributed by atoms with Gasteiger partial charge in [-0.25, -0.2) is 13.1 Å². The molecule has 1 amide bonds. The van der Waals surface area contributed by atoms with E-state index >= 15 is 0 Å². The molecule has 0 spiro atoms. The van der Waals surface area contributed by atoms with Crippen molar-refractivity contribution in [1.29, 1.82) is 0 Å². The first-order chi connectivity index (χ1) is 11.9. The van der Waals surface area contributed by atoms with Crippen LogP contribution in [0.1, 0.15) is 31.7 Å². The highest BCUT2D eigenvalue weighted by Crippen LogP contribution is 2.18. The first-order valence-electron chi connectivity index (χ1n) is 8.55. The van der Waals surface area contributed by atoms with Crippen LogP contribution in [0.3, 0.4) is 0 Å². The van der Waals surface area contributed by atoms with Crippen LogP contribution in [0.25, 0.3) is 6.08 Å². The third-order valence-electron chi connectivity index (χ3n) is 4.10. The lowest BCUT2D eigenvalue weighted by Crippen LogP contribution is -2.48. The number of likely N-dealkylation sites (tertiary alicyclic amines) is 1. The number of nitrogens with one attached hydrogen (secondary N) is 1. The third-order valence-corrected chi connectivity index (χ3v) is 4.79. The Bertz CT molecular complexity index is 698. The molecule has 25 heavy (non-hydrogen) atoms. The van der Waals surface area contributed by atoms with Crippen LogP contribution < -0.4 is 9.46 Å². The van der Waals surface area contributed by atoms with Gasteiger partial charge < -0.3 is 9.64 Å². The molecule has 1 N–H and O–H groups in total. The number of carbonyl (C=O) groups excluding carboxylic acids is 1. The quantitative estimate of drug-likeness (QED) is 0.749. The molecule has 0 aliphatic carbocycles. The minimum atomic E-state index is -3.25. The van der Waals surface area contributed by atoms with E-state index in [-0.39, 0.29) is 18.5 Å². The first kappa shape index (κ1) is 19.5. The Morgan fingerprint density at radius 1 is 1.32 bits per heavy atom. The number of sulfonamides is 1. The Balaban J connectivity index is 1.98. The van der Waals surface area contributed by atoms with Gasteiger partial charge in [0.1, 0.15) is 5.75 Å². The number of hydrogen-bond acceptors (Lipinski definition) is 4. The molecule has 2 rings (SSSR count). The minimum Gasteiger partial charge on any atom is -0.494 e. The summed E-state index contributed by atoms with van der Waals surface area (Å²) in [6.45, 7) is 3.47. The maximum absolute atomic E-state index is 12.5. The zero-order valence-electron chi connectivity index (χ0n) is 14.8. The van der Waals surface area contributed by atoms with Gasteiger partial charge in [0.15, 0.2) is 0 Å². The third kappa shape index (κ3) is 6.51. The number of benzene rings is 1. The topological polar surface area (TPSA) is 75.7 Å². The molecule has 0 unspecified atom stereocenters. The summed E-state index contributed by atoms with van der Waals surface area (Å²) in [5.41, 5.74) is 0.916. The molecule has 1 atom stereocenters. The van der Waals surface area contributed by atoms with Gasteiger partial charge in [0.05, 0.1) is 12.9 Å². The average Bonchev–Trinajstić information content (AvgIpc) is 2.59. The molecule has 1 aliphatic rings. The average molecular weight is 366 g/mol. The molecule has 1 aromatic rings. The molecule has 6 nitrogen and oxygen atoms in total. The number of hydrogen-bond donors (Lipinski definition) is 1. The van der Waals surface area contributed by atoms with Crippen molar-refractivity contribution in [3.63, 3.8) is 0 Å². The largest absolute Gasteiger partial charge is 0.494 e. The molecule has 0 radical (unpaired) electrons.